The van der Waals surface area contributed by atoms with Gasteiger partial charge in [-0.1, -0.05) is 30.3 Å². The predicted octanol–water partition coefficient (Wildman–Crippen LogP) is 0.743. The van der Waals surface area contributed by atoms with Crippen LogP contribution in [0.5, 0.6) is 0 Å². The molecule has 1 amide bonds. The highest BCUT2D eigenvalue weighted by atomic mass is 16.5. The van der Waals surface area contributed by atoms with Gasteiger partial charge in [0, 0.05) is 0 Å². The summed E-state index contributed by atoms with van der Waals surface area (Å²) in [4.78, 5) is 22.7. The summed E-state index contributed by atoms with van der Waals surface area (Å²) in [6.45, 7) is 1.31. The summed E-state index contributed by atoms with van der Waals surface area (Å²) in [7, 11) is 1.21. The molecule has 0 aromatic heterocycles. The zero-order valence-electron chi connectivity index (χ0n) is 9.19. The van der Waals surface area contributed by atoms with E-state index in [9.17, 15) is 9.59 Å². The van der Waals surface area contributed by atoms with Crippen LogP contribution in [0.25, 0.3) is 0 Å². The monoisotopic (exact) mass is 222 g/mol. The molecule has 0 aliphatic rings. The summed E-state index contributed by atoms with van der Waals surface area (Å²) in [6.07, 6.45) is -0.749. The van der Waals surface area contributed by atoms with Gasteiger partial charge in [-0.05, 0) is 12.5 Å². The molecule has 5 heteroatoms. The lowest BCUT2D eigenvalue weighted by atomic mass is 9.97. The Morgan fingerprint density at radius 1 is 1.31 bits per heavy atom. The lowest BCUT2D eigenvalue weighted by Crippen LogP contribution is -2.57. The molecule has 0 radical (unpaired) electrons. The number of carbonyl (C=O) groups is 2. The molecule has 3 N–H and O–H groups in total. The number of amides is 1. The molecule has 16 heavy (non-hydrogen) atoms. The number of benzene rings is 1. The van der Waals surface area contributed by atoms with E-state index in [0.29, 0.717) is 5.56 Å². The molecule has 1 atom stereocenters. The zero-order valence-corrected chi connectivity index (χ0v) is 9.19. The van der Waals surface area contributed by atoms with Crippen molar-refractivity contribution < 1.29 is 14.3 Å². The predicted molar refractivity (Wildman–Crippen MR) is 58.5 cm³/mol. The molecule has 0 aliphatic heterocycles. The second kappa shape index (κ2) is 4.76. The molecule has 1 aromatic carbocycles. The highest BCUT2D eigenvalue weighted by Gasteiger charge is 2.34. The number of rotatable bonds is 3. The number of nitrogens with one attached hydrogen (secondary N) is 1. The first-order chi connectivity index (χ1) is 7.50. The van der Waals surface area contributed by atoms with Gasteiger partial charge in [-0.3, -0.25) is 15.8 Å². The fourth-order valence-corrected chi connectivity index (χ4v) is 1.28. The van der Waals surface area contributed by atoms with Crippen molar-refractivity contribution in [2.45, 2.75) is 12.6 Å². The minimum atomic E-state index is -1.55. The third kappa shape index (κ3) is 2.38. The summed E-state index contributed by atoms with van der Waals surface area (Å²) >= 11 is 0. The van der Waals surface area contributed by atoms with Crippen LogP contribution in [0.1, 0.15) is 12.5 Å². The number of hydrogen-bond donors (Lipinski definition) is 2. The van der Waals surface area contributed by atoms with Gasteiger partial charge in [0.25, 0.3) is 0 Å². The average Bonchev–Trinajstić information content (AvgIpc) is 2.29. The van der Waals surface area contributed by atoms with Crippen LogP contribution in [-0.4, -0.2) is 19.0 Å². The quantitative estimate of drug-likeness (QED) is 0.739. The van der Waals surface area contributed by atoms with Crippen LogP contribution in [0, 0.1) is 0 Å². The van der Waals surface area contributed by atoms with Crippen LogP contribution < -0.4 is 11.1 Å². The van der Waals surface area contributed by atoms with Crippen LogP contribution in [0.15, 0.2) is 30.3 Å². The standard InChI is InChI=1S/C11H14N2O3/c1-8(14)11(12,13-10(15)16-2)9-6-4-3-5-7-9/h3-7H,12H2,1-2H3,(H,13,15)/t11-/m1/s1. The van der Waals surface area contributed by atoms with E-state index in [1.165, 1.54) is 14.0 Å². The largest absolute Gasteiger partial charge is 0.453 e. The van der Waals surface area contributed by atoms with Crippen molar-refractivity contribution in [1.82, 2.24) is 5.32 Å². The SMILES string of the molecule is COC(=O)N[C@](N)(C(C)=O)c1ccccc1. The first-order valence-corrected chi connectivity index (χ1v) is 4.72. The second-order valence-electron chi connectivity index (χ2n) is 3.35. The van der Waals surface area contributed by atoms with Gasteiger partial charge in [-0.15, -0.1) is 0 Å². The Hall–Kier alpha value is -1.88. The lowest BCUT2D eigenvalue weighted by Gasteiger charge is -2.27. The van der Waals surface area contributed by atoms with Gasteiger partial charge in [0.15, 0.2) is 11.4 Å². The Morgan fingerprint density at radius 2 is 1.88 bits per heavy atom. The van der Waals surface area contributed by atoms with Crippen molar-refractivity contribution in [2.24, 2.45) is 5.73 Å². The first-order valence-electron chi connectivity index (χ1n) is 4.72. The minimum absolute atomic E-state index is 0.371. The minimum Gasteiger partial charge on any atom is -0.453 e. The number of nitrogens with two attached hydrogens (primary N) is 1. The Bertz CT molecular complexity index is 391. The van der Waals surface area contributed by atoms with Gasteiger partial charge >= 0.3 is 6.09 Å². The number of carbonyl (C=O) groups excluding carboxylic acids is 2. The van der Waals surface area contributed by atoms with Gasteiger partial charge in [0.05, 0.1) is 7.11 Å². The van der Waals surface area contributed by atoms with Crippen molar-refractivity contribution in [3.63, 3.8) is 0 Å². The molecule has 0 fully saturated rings. The molecular weight excluding hydrogens is 208 g/mol. The fourth-order valence-electron chi connectivity index (χ4n) is 1.28. The number of methoxy groups -OCH3 is 1. The van der Waals surface area contributed by atoms with E-state index in [1.807, 2.05) is 0 Å². The molecule has 1 rings (SSSR count). The van der Waals surface area contributed by atoms with Crippen LogP contribution in [0.3, 0.4) is 0 Å². The summed E-state index contributed by atoms with van der Waals surface area (Å²) < 4.78 is 4.44. The number of Topliss-reactive ketones (excluding diaryl/α,β-unsaturated/α-hetero) is 1. The van der Waals surface area contributed by atoms with E-state index in [-0.39, 0.29) is 5.78 Å². The highest BCUT2D eigenvalue weighted by molar-refractivity contribution is 5.90. The maximum absolute atomic E-state index is 11.5. The molecule has 0 heterocycles. The van der Waals surface area contributed by atoms with Gasteiger partial charge in [0.2, 0.25) is 0 Å². The van der Waals surface area contributed by atoms with E-state index in [0.717, 1.165) is 0 Å². The molecule has 0 unspecified atom stereocenters. The number of alkyl carbamates (subject to hydrolysis) is 1. The topological polar surface area (TPSA) is 81.4 Å². The van der Waals surface area contributed by atoms with E-state index in [1.54, 1.807) is 30.3 Å². The smallest absolute Gasteiger partial charge is 0.408 e. The number of ether oxygens (including phenoxy) is 1. The second-order valence-corrected chi connectivity index (χ2v) is 3.35. The molecule has 1 aromatic rings. The normalized spacial score (nSPS) is 13.7. The molecule has 0 bridgehead atoms. The van der Waals surface area contributed by atoms with Crippen LogP contribution in [0.4, 0.5) is 4.79 Å². The molecule has 0 saturated carbocycles. The van der Waals surface area contributed by atoms with Crippen LogP contribution in [-0.2, 0) is 15.2 Å². The summed E-state index contributed by atoms with van der Waals surface area (Å²) in [5.41, 5.74) is 4.84. The molecule has 5 nitrogen and oxygen atoms in total. The Morgan fingerprint density at radius 3 is 2.31 bits per heavy atom. The van der Waals surface area contributed by atoms with Gasteiger partial charge in [0.1, 0.15) is 0 Å². The molecular formula is C11H14N2O3. The van der Waals surface area contributed by atoms with Crippen molar-refractivity contribution in [2.75, 3.05) is 7.11 Å². The van der Waals surface area contributed by atoms with Crippen LogP contribution in [0.2, 0.25) is 0 Å². The van der Waals surface area contributed by atoms with E-state index in [2.05, 4.69) is 10.1 Å². The summed E-state index contributed by atoms with van der Waals surface area (Å²) in [5.74, 6) is -0.371. The highest BCUT2D eigenvalue weighted by Crippen LogP contribution is 2.16. The number of hydrogen-bond acceptors (Lipinski definition) is 4. The van der Waals surface area contributed by atoms with Crippen molar-refractivity contribution in [3.8, 4) is 0 Å². The van der Waals surface area contributed by atoms with Gasteiger partial charge < -0.3 is 4.74 Å². The van der Waals surface area contributed by atoms with Gasteiger partial charge in [-0.25, -0.2) is 4.79 Å². The van der Waals surface area contributed by atoms with E-state index in [4.69, 9.17) is 5.73 Å². The third-order valence-corrected chi connectivity index (χ3v) is 2.27. The maximum Gasteiger partial charge on any atom is 0.408 e. The zero-order chi connectivity index (χ0) is 12.2. The fraction of sp³-hybridized carbons (Fsp3) is 0.273. The molecule has 0 saturated heterocycles. The third-order valence-electron chi connectivity index (χ3n) is 2.27. The molecule has 0 aliphatic carbocycles. The first kappa shape index (κ1) is 12.2. The van der Waals surface area contributed by atoms with Crippen LogP contribution >= 0.6 is 0 Å². The number of ketones is 1. The van der Waals surface area contributed by atoms with Gasteiger partial charge in [-0.2, -0.15) is 0 Å². The summed E-state index contributed by atoms with van der Waals surface area (Å²) in [6, 6.07) is 8.59. The van der Waals surface area contributed by atoms with Crippen molar-refractivity contribution in [1.29, 1.82) is 0 Å². The van der Waals surface area contributed by atoms with Crippen molar-refractivity contribution >= 4 is 11.9 Å². The van der Waals surface area contributed by atoms with Crippen molar-refractivity contribution in [3.05, 3.63) is 35.9 Å². The summed E-state index contributed by atoms with van der Waals surface area (Å²) in [5, 5.41) is 2.33. The Balaban J connectivity index is 3.07. The lowest BCUT2D eigenvalue weighted by molar-refractivity contribution is -0.123. The average molecular weight is 222 g/mol. The molecule has 0 spiro atoms. The maximum atomic E-state index is 11.5. The Kier molecular flexibility index (Phi) is 3.63. The van der Waals surface area contributed by atoms with E-state index < -0.39 is 11.8 Å². The van der Waals surface area contributed by atoms with E-state index >= 15 is 0 Å². The Labute approximate surface area is 93.6 Å². The molecule has 86 valence electrons.